The standard InChI is InChI=1S/C23H30N4O4S/c1-23(2,3)26-32(30,31)20-13-7-12-19(15-20)24-21(28)17-9-8-14-27(16-17)22(29)25-18-10-5-4-6-11-18/h4-7,10-13,15,17,26H,8-9,14,16H2,1-3H3,(H,24,28)(H,25,29)/t17-/m1/s1. The number of likely N-dealkylation sites (tertiary alicyclic amines) is 1. The second-order valence-electron chi connectivity index (χ2n) is 8.95. The van der Waals surface area contributed by atoms with E-state index in [2.05, 4.69) is 15.4 Å². The van der Waals surface area contributed by atoms with Gasteiger partial charge in [-0.15, -0.1) is 0 Å². The molecule has 1 aliphatic rings. The van der Waals surface area contributed by atoms with Gasteiger partial charge in [0.05, 0.1) is 10.8 Å². The minimum Gasteiger partial charge on any atom is -0.326 e. The van der Waals surface area contributed by atoms with Crippen molar-refractivity contribution in [1.82, 2.24) is 9.62 Å². The Bertz CT molecular complexity index is 1060. The van der Waals surface area contributed by atoms with Crippen LogP contribution >= 0.6 is 0 Å². The van der Waals surface area contributed by atoms with Gasteiger partial charge in [0.15, 0.2) is 0 Å². The molecule has 172 valence electrons. The van der Waals surface area contributed by atoms with Gasteiger partial charge in [-0.3, -0.25) is 4.79 Å². The van der Waals surface area contributed by atoms with E-state index in [0.29, 0.717) is 37.3 Å². The molecule has 1 aliphatic heterocycles. The summed E-state index contributed by atoms with van der Waals surface area (Å²) in [5, 5.41) is 5.65. The predicted molar refractivity (Wildman–Crippen MR) is 125 cm³/mol. The molecule has 0 aliphatic carbocycles. The lowest BCUT2D eigenvalue weighted by Gasteiger charge is -2.32. The number of benzene rings is 2. The van der Waals surface area contributed by atoms with Crippen molar-refractivity contribution in [2.45, 2.75) is 44.0 Å². The van der Waals surface area contributed by atoms with Crippen LogP contribution in [0.1, 0.15) is 33.6 Å². The zero-order valence-corrected chi connectivity index (χ0v) is 19.4. The number of hydrogen-bond donors (Lipinski definition) is 3. The summed E-state index contributed by atoms with van der Waals surface area (Å²) in [6.07, 6.45) is 1.37. The molecule has 1 fully saturated rings. The van der Waals surface area contributed by atoms with E-state index in [9.17, 15) is 18.0 Å². The highest BCUT2D eigenvalue weighted by Gasteiger charge is 2.29. The van der Waals surface area contributed by atoms with Crippen molar-refractivity contribution in [3.63, 3.8) is 0 Å². The number of carbonyl (C=O) groups excluding carboxylic acids is 2. The summed E-state index contributed by atoms with van der Waals surface area (Å²) < 4.78 is 27.8. The fourth-order valence-corrected chi connectivity index (χ4v) is 5.01. The minimum atomic E-state index is -3.71. The molecule has 3 amide bonds. The summed E-state index contributed by atoms with van der Waals surface area (Å²) in [5.74, 6) is -0.612. The fourth-order valence-electron chi connectivity index (χ4n) is 3.55. The van der Waals surface area contributed by atoms with Gasteiger partial charge in [0, 0.05) is 30.0 Å². The van der Waals surface area contributed by atoms with Crippen LogP contribution in [0.3, 0.4) is 0 Å². The molecule has 9 heteroatoms. The first-order valence-electron chi connectivity index (χ1n) is 10.6. The first-order valence-corrected chi connectivity index (χ1v) is 12.1. The number of sulfonamides is 1. The third-order valence-corrected chi connectivity index (χ3v) is 6.71. The molecule has 3 rings (SSSR count). The zero-order valence-electron chi connectivity index (χ0n) is 18.6. The number of rotatable bonds is 5. The molecule has 0 radical (unpaired) electrons. The van der Waals surface area contributed by atoms with E-state index in [1.807, 2.05) is 30.3 Å². The summed E-state index contributed by atoms with van der Waals surface area (Å²) in [6.45, 7) is 6.17. The second-order valence-corrected chi connectivity index (χ2v) is 10.6. The Kier molecular flexibility index (Phi) is 7.20. The van der Waals surface area contributed by atoms with Crippen LogP contribution in [0.25, 0.3) is 0 Å². The van der Waals surface area contributed by atoms with Crippen LogP contribution in [0, 0.1) is 5.92 Å². The molecule has 1 heterocycles. The van der Waals surface area contributed by atoms with E-state index >= 15 is 0 Å². The second kappa shape index (κ2) is 9.70. The molecule has 0 saturated carbocycles. The topological polar surface area (TPSA) is 108 Å². The van der Waals surface area contributed by atoms with E-state index in [-0.39, 0.29) is 22.8 Å². The Morgan fingerprint density at radius 2 is 1.66 bits per heavy atom. The number of hydrogen-bond acceptors (Lipinski definition) is 4. The first kappa shape index (κ1) is 23.7. The fraction of sp³-hybridized carbons (Fsp3) is 0.391. The van der Waals surface area contributed by atoms with Crippen LogP contribution < -0.4 is 15.4 Å². The summed E-state index contributed by atoms with van der Waals surface area (Å²) in [4.78, 5) is 27.1. The van der Waals surface area contributed by atoms with Crippen LogP contribution in [0.5, 0.6) is 0 Å². The van der Waals surface area contributed by atoms with Crippen LogP contribution in [-0.2, 0) is 14.8 Å². The SMILES string of the molecule is CC(C)(C)NS(=O)(=O)c1cccc(NC(=O)[C@@H]2CCCN(C(=O)Nc3ccccc3)C2)c1. The summed E-state index contributed by atoms with van der Waals surface area (Å²) in [6, 6.07) is 15.1. The molecule has 0 aromatic heterocycles. The van der Waals surface area contributed by atoms with E-state index in [1.165, 1.54) is 12.1 Å². The third-order valence-electron chi connectivity index (χ3n) is 4.96. The molecule has 8 nitrogen and oxygen atoms in total. The number of para-hydroxylation sites is 1. The molecular formula is C23H30N4O4S. The van der Waals surface area contributed by atoms with Crippen molar-refractivity contribution in [2.24, 2.45) is 5.92 Å². The zero-order chi connectivity index (χ0) is 23.4. The number of anilines is 2. The van der Waals surface area contributed by atoms with Crippen molar-refractivity contribution in [3.8, 4) is 0 Å². The average Bonchev–Trinajstić information content (AvgIpc) is 2.73. The Hall–Kier alpha value is -2.91. The summed E-state index contributed by atoms with van der Waals surface area (Å²) >= 11 is 0. The van der Waals surface area contributed by atoms with Gasteiger partial charge in [-0.05, 0) is 63.9 Å². The smallest absolute Gasteiger partial charge is 0.321 e. The summed E-state index contributed by atoms with van der Waals surface area (Å²) in [5.41, 5.74) is 0.479. The highest BCUT2D eigenvalue weighted by atomic mass is 32.2. The van der Waals surface area contributed by atoms with Gasteiger partial charge in [0.2, 0.25) is 15.9 Å². The summed E-state index contributed by atoms with van der Waals surface area (Å²) in [7, 11) is -3.71. The Balaban J connectivity index is 1.64. The van der Waals surface area contributed by atoms with E-state index < -0.39 is 15.6 Å². The normalized spacial score (nSPS) is 17.0. The minimum absolute atomic E-state index is 0.0812. The van der Waals surface area contributed by atoms with Gasteiger partial charge < -0.3 is 15.5 Å². The largest absolute Gasteiger partial charge is 0.326 e. The molecule has 0 spiro atoms. The maximum atomic E-state index is 12.8. The molecule has 32 heavy (non-hydrogen) atoms. The molecule has 0 bridgehead atoms. The Labute approximate surface area is 189 Å². The number of nitrogens with zero attached hydrogens (tertiary/aromatic N) is 1. The van der Waals surface area contributed by atoms with Crippen molar-refractivity contribution >= 4 is 33.3 Å². The van der Waals surface area contributed by atoms with E-state index in [1.54, 1.807) is 37.8 Å². The quantitative estimate of drug-likeness (QED) is 0.636. The van der Waals surface area contributed by atoms with Crippen LogP contribution in [0.2, 0.25) is 0 Å². The number of carbonyl (C=O) groups is 2. The lowest BCUT2D eigenvalue weighted by molar-refractivity contribution is -0.121. The maximum absolute atomic E-state index is 12.8. The van der Waals surface area contributed by atoms with Crippen LogP contribution in [-0.4, -0.2) is 43.9 Å². The van der Waals surface area contributed by atoms with Crippen LogP contribution in [0.15, 0.2) is 59.5 Å². The molecule has 2 aromatic rings. The van der Waals surface area contributed by atoms with E-state index in [4.69, 9.17) is 0 Å². The average molecular weight is 459 g/mol. The van der Waals surface area contributed by atoms with Crippen molar-refractivity contribution < 1.29 is 18.0 Å². The number of nitrogens with one attached hydrogen (secondary N) is 3. The van der Waals surface area contributed by atoms with Crippen LogP contribution in [0.4, 0.5) is 16.2 Å². The lowest BCUT2D eigenvalue weighted by Crippen LogP contribution is -2.45. The third kappa shape index (κ3) is 6.54. The predicted octanol–water partition coefficient (Wildman–Crippen LogP) is 3.65. The highest BCUT2D eigenvalue weighted by molar-refractivity contribution is 7.89. The molecule has 2 aromatic carbocycles. The molecular weight excluding hydrogens is 428 g/mol. The highest BCUT2D eigenvalue weighted by Crippen LogP contribution is 2.22. The Morgan fingerprint density at radius 1 is 0.969 bits per heavy atom. The van der Waals surface area contributed by atoms with Gasteiger partial charge in [-0.25, -0.2) is 17.9 Å². The van der Waals surface area contributed by atoms with Crippen molar-refractivity contribution in [3.05, 3.63) is 54.6 Å². The molecule has 1 atom stereocenters. The van der Waals surface area contributed by atoms with E-state index in [0.717, 1.165) is 0 Å². The first-order chi connectivity index (χ1) is 15.0. The Morgan fingerprint density at radius 3 is 2.34 bits per heavy atom. The van der Waals surface area contributed by atoms with Gasteiger partial charge in [0.25, 0.3) is 0 Å². The van der Waals surface area contributed by atoms with Gasteiger partial charge in [-0.2, -0.15) is 0 Å². The lowest BCUT2D eigenvalue weighted by atomic mass is 9.97. The molecule has 0 unspecified atom stereocenters. The van der Waals surface area contributed by atoms with Gasteiger partial charge >= 0.3 is 6.03 Å². The van der Waals surface area contributed by atoms with Crippen molar-refractivity contribution in [1.29, 1.82) is 0 Å². The molecule has 3 N–H and O–H groups in total. The number of urea groups is 1. The monoisotopic (exact) mass is 458 g/mol. The van der Waals surface area contributed by atoms with Gasteiger partial charge in [-0.1, -0.05) is 24.3 Å². The van der Waals surface area contributed by atoms with Gasteiger partial charge in [0.1, 0.15) is 0 Å². The number of amides is 3. The molecule has 1 saturated heterocycles. The number of piperidine rings is 1. The van der Waals surface area contributed by atoms with Crippen molar-refractivity contribution in [2.75, 3.05) is 23.7 Å². The maximum Gasteiger partial charge on any atom is 0.321 e.